The third-order valence-corrected chi connectivity index (χ3v) is 4.08. The van der Waals surface area contributed by atoms with Crippen LogP contribution in [0.15, 0.2) is 75.3 Å². The lowest BCUT2D eigenvalue weighted by molar-refractivity contribution is 0.945. The van der Waals surface area contributed by atoms with Gasteiger partial charge in [0.05, 0.1) is 0 Å². The van der Waals surface area contributed by atoms with E-state index in [1.807, 2.05) is 60.7 Å². The zero-order chi connectivity index (χ0) is 17.8. The van der Waals surface area contributed by atoms with Gasteiger partial charge >= 0.3 is 0 Å². The van der Waals surface area contributed by atoms with Crippen LogP contribution in [0.3, 0.4) is 0 Å². The Labute approximate surface area is 159 Å². The minimum atomic E-state index is -0.155. The Morgan fingerprint density at radius 2 is 1.52 bits per heavy atom. The topological polar surface area (TPSA) is 69.1 Å². The second-order valence-corrected chi connectivity index (χ2v) is 6.23. The van der Waals surface area contributed by atoms with Crippen LogP contribution in [-0.4, -0.2) is 20.6 Å². The average Bonchev–Trinajstić information content (AvgIpc) is 3.02. The second-order valence-electron chi connectivity index (χ2n) is 4.92. The molecule has 1 heterocycles. The number of hydrogen-bond acceptors (Lipinski definition) is 4. The van der Waals surface area contributed by atoms with Gasteiger partial charge in [-0.25, -0.2) is 4.99 Å². The lowest BCUT2D eigenvalue weighted by Gasteiger charge is -2.07. The summed E-state index contributed by atoms with van der Waals surface area (Å²) >= 11 is 17.4. The predicted octanol–water partition coefficient (Wildman–Crippen LogP) is 4.67. The van der Waals surface area contributed by atoms with Crippen LogP contribution in [0, 0.1) is 0 Å². The van der Waals surface area contributed by atoms with Crippen molar-refractivity contribution in [1.82, 2.24) is 14.8 Å². The molecule has 3 aromatic rings. The Morgan fingerprint density at radius 3 is 2.12 bits per heavy atom. The van der Waals surface area contributed by atoms with E-state index >= 15 is 0 Å². The summed E-state index contributed by atoms with van der Waals surface area (Å²) in [5, 5.41) is 4.38. The van der Waals surface area contributed by atoms with Crippen molar-refractivity contribution >= 4 is 46.6 Å². The molecule has 25 heavy (non-hydrogen) atoms. The fourth-order valence-electron chi connectivity index (χ4n) is 2.15. The molecule has 0 aliphatic rings. The highest BCUT2D eigenvalue weighted by molar-refractivity contribution is 6.59. The standard InChI is InChI=1S/C17H12Cl3N5/c18-13(19)14(20)22-16(12-9-5-2-6-10-12)25-17(21)23-15(24-25)11-7-3-1-4-8-11/h1-10H,(H2,21,23,24). The number of anilines is 1. The van der Waals surface area contributed by atoms with Crippen LogP contribution < -0.4 is 5.73 Å². The Balaban J connectivity index is 2.15. The number of nitrogen functional groups attached to an aromatic ring is 1. The number of hydrogen-bond donors (Lipinski definition) is 1. The fourth-order valence-corrected chi connectivity index (χ4v) is 2.31. The van der Waals surface area contributed by atoms with Gasteiger partial charge in [-0.3, -0.25) is 0 Å². The van der Waals surface area contributed by atoms with Gasteiger partial charge in [0.15, 0.2) is 16.8 Å². The molecule has 1 aromatic heterocycles. The second kappa shape index (κ2) is 7.70. The van der Waals surface area contributed by atoms with E-state index in [1.165, 1.54) is 4.68 Å². The predicted molar refractivity (Wildman–Crippen MR) is 103 cm³/mol. The van der Waals surface area contributed by atoms with E-state index in [4.69, 9.17) is 40.5 Å². The summed E-state index contributed by atoms with van der Waals surface area (Å²) in [5.41, 5.74) is 7.61. The maximum Gasteiger partial charge on any atom is 0.225 e. The summed E-state index contributed by atoms with van der Waals surface area (Å²) in [4.78, 5) is 8.57. The molecule has 0 saturated heterocycles. The Hall–Kier alpha value is -2.34. The molecule has 0 radical (unpaired) electrons. The lowest BCUT2D eigenvalue weighted by Crippen LogP contribution is -2.18. The molecule has 2 aromatic carbocycles. The van der Waals surface area contributed by atoms with Crippen LogP contribution in [-0.2, 0) is 0 Å². The molecule has 0 amide bonds. The molecule has 0 fully saturated rings. The van der Waals surface area contributed by atoms with Crippen LogP contribution in [0.25, 0.3) is 11.4 Å². The minimum absolute atomic E-state index is 0.0710. The van der Waals surface area contributed by atoms with Crippen LogP contribution in [0.4, 0.5) is 5.95 Å². The van der Waals surface area contributed by atoms with Crippen LogP contribution in [0.2, 0.25) is 0 Å². The zero-order valence-electron chi connectivity index (χ0n) is 12.8. The molecule has 0 saturated carbocycles. The summed E-state index contributed by atoms with van der Waals surface area (Å²) in [5.74, 6) is 0.993. The van der Waals surface area contributed by atoms with E-state index in [-0.39, 0.29) is 15.6 Å². The quantitative estimate of drug-likeness (QED) is 0.400. The number of benzene rings is 2. The number of halogens is 3. The van der Waals surface area contributed by atoms with Crippen molar-refractivity contribution in [1.29, 1.82) is 0 Å². The van der Waals surface area contributed by atoms with Gasteiger partial charge in [-0.15, -0.1) is 5.10 Å². The summed E-state index contributed by atoms with van der Waals surface area (Å²) in [6.45, 7) is 0. The largest absolute Gasteiger partial charge is 0.368 e. The van der Waals surface area contributed by atoms with Gasteiger partial charge in [0.1, 0.15) is 4.49 Å². The molecule has 126 valence electrons. The molecular formula is C17H12Cl3N5. The van der Waals surface area contributed by atoms with Crippen LogP contribution >= 0.6 is 34.8 Å². The van der Waals surface area contributed by atoms with Gasteiger partial charge in [-0.2, -0.15) is 9.67 Å². The minimum Gasteiger partial charge on any atom is -0.368 e. The number of nitrogens with zero attached hydrogens (tertiary/aromatic N) is 4. The van der Waals surface area contributed by atoms with Gasteiger partial charge in [-0.1, -0.05) is 95.5 Å². The SMILES string of the molecule is Nc1nc(-c2ccccc2)nn1C(=NC(Cl)=C(Cl)Cl)c1ccccc1. The maximum absolute atomic E-state index is 6.05. The third kappa shape index (κ3) is 4.02. The van der Waals surface area contributed by atoms with Crippen molar-refractivity contribution in [3.63, 3.8) is 0 Å². The summed E-state index contributed by atoms with van der Waals surface area (Å²) in [6, 6.07) is 18.8. The fraction of sp³-hybridized carbons (Fsp3) is 0. The van der Waals surface area contributed by atoms with Crippen LogP contribution in [0.1, 0.15) is 5.56 Å². The van der Waals surface area contributed by atoms with Gasteiger partial charge in [-0.05, 0) is 0 Å². The van der Waals surface area contributed by atoms with Crippen LogP contribution in [0.5, 0.6) is 0 Å². The molecule has 8 heteroatoms. The summed E-state index contributed by atoms with van der Waals surface area (Å²) < 4.78 is 1.24. The molecule has 5 nitrogen and oxygen atoms in total. The zero-order valence-corrected chi connectivity index (χ0v) is 15.0. The molecule has 0 aliphatic carbocycles. The van der Waals surface area contributed by atoms with E-state index in [2.05, 4.69) is 15.1 Å². The number of rotatable bonds is 3. The van der Waals surface area contributed by atoms with E-state index < -0.39 is 0 Å². The third-order valence-electron chi connectivity index (χ3n) is 3.26. The summed E-state index contributed by atoms with van der Waals surface area (Å²) in [7, 11) is 0. The first-order chi connectivity index (χ1) is 12.1. The van der Waals surface area contributed by atoms with E-state index in [0.29, 0.717) is 11.7 Å². The Morgan fingerprint density at radius 1 is 0.920 bits per heavy atom. The molecular weight excluding hydrogens is 381 g/mol. The lowest BCUT2D eigenvalue weighted by atomic mass is 10.2. The highest BCUT2D eigenvalue weighted by atomic mass is 35.5. The number of nitrogens with two attached hydrogens (primary N) is 1. The van der Waals surface area contributed by atoms with E-state index in [0.717, 1.165) is 11.1 Å². The summed E-state index contributed by atoms with van der Waals surface area (Å²) in [6.07, 6.45) is 0. The molecule has 0 bridgehead atoms. The Kier molecular flexibility index (Phi) is 5.38. The first-order valence-electron chi connectivity index (χ1n) is 7.19. The van der Waals surface area contributed by atoms with Crippen molar-refractivity contribution in [3.05, 3.63) is 75.9 Å². The molecule has 0 unspecified atom stereocenters. The van der Waals surface area contributed by atoms with E-state index in [1.54, 1.807) is 0 Å². The monoisotopic (exact) mass is 391 g/mol. The number of aliphatic imine (C=N–C) groups is 1. The molecule has 0 spiro atoms. The van der Waals surface area contributed by atoms with Gasteiger partial charge < -0.3 is 5.73 Å². The first kappa shape index (κ1) is 17.5. The average molecular weight is 393 g/mol. The normalized spacial score (nSPS) is 11.4. The molecule has 0 aliphatic heterocycles. The molecule has 0 atom stereocenters. The van der Waals surface area contributed by atoms with Gasteiger partial charge in [0, 0.05) is 11.1 Å². The van der Waals surface area contributed by atoms with Gasteiger partial charge in [0.25, 0.3) is 0 Å². The highest BCUT2D eigenvalue weighted by Crippen LogP contribution is 2.22. The van der Waals surface area contributed by atoms with Gasteiger partial charge in [0.2, 0.25) is 5.95 Å². The molecule has 2 N–H and O–H groups in total. The van der Waals surface area contributed by atoms with Crippen molar-refractivity contribution in [2.24, 2.45) is 4.99 Å². The highest BCUT2D eigenvalue weighted by Gasteiger charge is 2.16. The van der Waals surface area contributed by atoms with Crippen molar-refractivity contribution in [2.45, 2.75) is 0 Å². The van der Waals surface area contributed by atoms with E-state index in [9.17, 15) is 0 Å². The Bertz CT molecular complexity index is 929. The molecule has 3 rings (SSSR count). The van der Waals surface area contributed by atoms with Crippen molar-refractivity contribution < 1.29 is 0 Å². The van der Waals surface area contributed by atoms with Crippen molar-refractivity contribution in [3.8, 4) is 11.4 Å². The number of aromatic nitrogens is 3. The van der Waals surface area contributed by atoms with Crippen molar-refractivity contribution in [2.75, 3.05) is 5.73 Å². The first-order valence-corrected chi connectivity index (χ1v) is 8.33. The smallest absolute Gasteiger partial charge is 0.225 e. The maximum atomic E-state index is 6.05.